The van der Waals surface area contributed by atoms with E-state index in [1.54, 1.807) is 7.11 Å². The van der Waals surface area contributed by atoms with Gasteiger partial charge in [0.25, 0.3) is 0 Å². The zero-order chi connectivity index (χ0) is 20.7. The molecule has 1 aliphatic heterocycles. The van der Waals surface area contributed by atoms with Crippen molar-refractivity contribution in [1.29, 1.82) is 0 Å². The van der Waals surface area contributed by atoms with Gasteiger partial charge in [-0.3, -0.25) is 10.1 Å². The molecular weight excluding hydrogens is 378 g/mol. The van der Waals surface area contributed by atoms with Gasteiger partial charge in [0.2, 0.25) is 0 Å². The summed E-state index contributed by atoms with van der Waals surface area (Å²) in [5.74, 6) is 1.37. The molecule has 0 unspecified atom stereocenters. The zero-order valence-electron chi connectivity index (χ0n) is 16.3. The number of methoxy groups -OCH3 is 1. The minimum absolute atomic E-state index is 0.0877. The van der Waals surface area contributed by atoms with Gasteiger partial charge in [0, 0.05) is 11.3 Å². The van der Waals surface area contributed by atoms with Crippen molar-refractivity contribution in [1.82, 2.24) is 4.57 Å². The summed E-state index contributed by atoms with van der Waals surface area (Å²) in [6, 6.07) is 24.9. The first kappa shape index (κ1) is 18.0. The van der Waals surface area contributed by atoms with Crippen LogP contribution in [0.4, 0.5) is 17.2 Å². The number of ether oxygens (including phenoxy) is 1. The predicted molar refractivity (Wildman–Crippen MR) is 117 cm³/mol. The molecule has 3 aromatic carbocycles. The van der Waals surface area contributed by atoms with E-state index in [0.717, 1.165) is 22.4 Å². The number of aromatic nitrogens is 1. The van der Waals surface area contributed by atoms with Crippen LogP contribution in [0, 0.1) is 10.1 Å². The second kappa shape index (κ2) is 7.08. The van der Waals surface area contributed by atoms with Crippen LogP contribution in [0.2, 0.25) is 0 Å². The van der Waals surface area contributed by atoms with E-state index >= 15 is 0 Å². The Morgan fingerprint density at radius 3 is 2.47 bits per heavy atom. The summed E-state index contributed by atoms with van der Waals surface area (Å²) >= 11 is 0. The second-order valence-electron chi connectivity index (χ2n) is 7.14. The number of nitrogens with zero attached hydrogens (tertiary/aromatic N) is 2. The van der Waals surface area contributed by atoms with Crippen molar-refractivity contribution in [3.05, 3.63) is 94.5 Å². The third-order valence-electron chi connectivity index (χ3n) is 5.42. The van der Waals surface area contributed by atoms with Crippen molar-refractivity contribution in [2.75, 3.05) is 12.4 Å². The molecule has 0 fully saturated rings. The predicted octanol–water partition coefficient (Wildman–Crippen LogP) is 5.84. The Labute approximate surface area is 173 Å². The van der Waals surface area contributed by atoms with Crippen molar-refractivity contribution in [2.24, 2.45) is 0 Å². The van der Waals surface area contributed by atoms with Crippen LogP contribution in [0.3, 0.4) is 0 Å². The molecule has 2 heterocycles. The molecule has 0 amide bonds. The van der Waals surface area contributed by atoms with Crippen LogP contribution in [0.5, 0.6) is 5.75 Å². The quantitative estimate of drug-likeness (QED) is 0.305. The van der Waals surface area contributed by atoms with E-state index in [4.69, 9.17) is 4.74 Å². The Morgan fingerprint density at radius 2 is 1.70 bits per heavy atom. The van der Waals surface area contributed by atoms with Crippen molar-refractivity contribution in [2.45, 2.75) is 6.54 Å². The van der Waals surface area contributed by atoms with E-state index in [-0.39, 0.29) is 10.6 Å². The Morgan fingerprint density at radius 1 is 0.967 bits per heavy atom. The normalized spacial score (nSPS) is 11.9. The van der Waals surface area contributed by atoms with Gasteiger partial charge < -0.3 is 14.6 Å². The fourth-order valence-corrected chi connectivity index (χ4v) is 4.09. The third kappa shape index (κ3) is 2.81. The van der Waals surface area contributed by atoms with Crippen LogP contribution in [-0.2, 0) is 6.54 Å². The smallest absolute Gasteiger partial charge is 0.304 e. The van der Waals surface area contributed by atoms with Gasteiger partial charge in [-0.25, -0.2) is 0 Å². The van der Waals surface area contributed by atoms with Gasteiger partial charge >= 0.3 is 5.69 Å². The number of nitro groups is 1. The maximum atomic E-state index is 12.4. The largest absolute Gasteiger partial charge is 0.497 e. The monoisotopic (exact) mass is 397 g/mol. The second-order valence-corrected chi connectivity index (χ2v) is 7.14. The lowest BCUT2D eigenvalue weighted by Crippen LogP contribution is -2.13. The number of nitrogens with one attached hydrogen (secondary N) is 1. The first-order valence-corrected chi connectivity index (χ1v) is 9.63. The fraction of sp³-hybridized carbons (Fsp3) is 0.0833. The topological polar surface area (TPSA) is 69.3 Å². The van der Waals surface area contributed by atoms with Crippen molar-refractivity contribution in [3.63, 3.8) is 0 Å². The highest BCUT2D eigenvalue weighted by atomic mass is 16.6. The fourth-order valence-electron chi connectivity index (χ4n) is 4.09. The van der Waals surface area contributed by atoms with Gasteiger partial charge in [-0.15, -0.1) is 0 Å². The Hall–Kier alpha value is -4.06. The molecule has 0 bridgehead atoms. The van der Waals surface area contributed by atoms with E-state index in [1.807, 2.05) is 83.4 Å². The van der Waals surface area contributed by atoms with E-state index in [9.17, 15) is 10.1 Å². The van der Waals surface area contributed by atoms with Crippen molar-refractivity contribution < 1.29 is 9.66 Å². The molecule has 1 aromatic heterocycles. The Bertz CT molecular complexity index is 1260. The number of benzene rings is 3. The number of rotatable bonds is 4. The summed E-state index contributed by atoms with van der Waals surface area (Å²) in [6.45, 7) is 0.549. The molecule has 148 valence electrons. The number of hydrogen-bond acceptors (Lipinski definition) is 4. The van der Waals surface area contributed by atoms with Gasteiger partial charge in [-0.05, 0) is 29.3 Å². The zero-order valence-corrected chi connectivity index (χ0v) is 16.3. The van der Waals surface area contributed by atoms with Gasteiger partial charge in [0.05, 0.1) is 18.6 Å². The molecule has 0 aliphatic carbocycles. The standard InChI is InChI=1S/C24H19N3O3/c1-30-19-12-7-11-17(14-19)21-23(27(28)29)22(16-8-3-2-4-9-16)26-15-18-10-5-6-13-20(18)25-24(21)26/h2-14,25H,15H2,1H3. The molecule has 4 aromatic rings. The molecule has 0 saturated heterocycles. The molecule has 0 radical (unpaired) electrons. The van der Waals surface area contributed by atoms with E-state index in [1.165, 1.54) is 0 Å². The molecule has 0 spiro atoms. The van der Waals surface area contributed by atoms with Crippen LogP contribution < -0.4 is 10.1 Å². The Kier molecular flexibility index (Phi) is 4.25. The molecule has 0 saturated carbocycles. The summed E-state index contributed by atoms with van der Waals surface area (Å²) in [6.07, 6.45) is 0. The first-order valence-electron chi connectivity index (χ1n) is 9.63. The SMILES string of the molecule is COc1cccc(-c2c([N+](=O)[O-])c(-c3ccccc3)n3c2Nc2ccccc2C3)c1. The van der Waals surface area contributed by atoms with E-state index < -0.39 is 0 Å². The molecule has 5 rings (SSSR count). The molecular formula is C24H19N3O3. The van der Waals surface area contributed by atoms with Gasteiger partial charge in [-0.1, -0.05) is 60.7 Å². The van der Waals surface area contributed by atoms with Crippen LogP contribution in [0.25, 0.3) is 22.4 Å². The maximum absolute atomic E-state index is 12.4. The van der Waals surface area contributed by atoms with Gasteiger partial charge in [0.15, 0.2) is 0 Å². The van der Waals surface area contributed by atoms with E-state index in [2.05, 4.69) is 5.32 Å². The minimum Gasteiger partial charge on any atom is -0.497 e. The molecule has 1 aliphatic rings. The maximum Gasteiger partial charge on any atom is 0.304 e. The number of anilines is 2. The van der Waals surface area contributed by atoms with Crippen LogP contribution in [0.15, 0.2) is 78.9 Å². The minimum atomic E-state index is -0.283. The summed E-state index contributed by atoms with van der Waals surface area (Å²) in [5, 5.41) is 15.8. The third-order valence-corrected chi connectivity index (χ3v) is 5.42. The molecule has 30 heavy (non-hydrogen) atoms. The highest BCUT2D eigenvalue weighted by molar-refractivity contribution is 5.96. The average Bonchev–Trinajstić information content (AvgIpc) is 3.12. The first-order chi connectivity index (χ1) is 14.7. The number of fused-ring (bicyclic) bond motifs is 2. The summed E-state index contributed by atoms with van der Waals surface area (Å²) in [4.78, 5) is 12.1. The molecule has 0 atom stereocenters. The van der Waals surface area contributed by atoms with Crippen LogP contribution in [0.1, 0.15) is 5.56 Å². The van der Waals surface area contributed by atoms with E-state index in [0.29, 0.717) is 29.4 Å². The van der Waals surface area contributed by atoms with Gasteiger partial charge in [-0.2, -0.15) is 0 Å². The summed E-state index contributed by atoms with van der Waals surface area (Å²) < 4.78 is 7.38. The highest BCUT2D eigenvalue weighted by Gasteiger charge is 2.35. The molecule has 1 N–H and O–H groups in total. The number of para-hydroxylation sites is 1. The number of hydrogen-bond donors (Lipinski definition) is 1. The summed E-state index contributed by atoms with van der Waals surface area (Å²) in [7, 11) is 1.59. The molecule has 6 nitrogen and oxygen atoms in total. The lowest BCUT2D eigenvalue weighted by molar-refractivity contribution is -0.383. The Balaban J connectivity index is 1.85. The lowest BCUT2D eigenvalue weighted by Gasteiger charge is -2.23. The average molecular weight is 397 g/mol. The van der Waals surface area contributed by atoms with Gasteiger partial charge in [0.1, 0.15) is 22.8 Å². The lowest BCUT2D eigenvalue weighted by atomic mass is 10.0. The highest BCUT2D eigenvalue weighted by Crippen LogP contribution is 2.50. The van der Waals surface area contributed by atoms with Crippen LogP contribution >= 0.6 is 0 Å². The van der Waals surface area contributed by atoms with Crippen molar-refractivity contribution >= 4 is 17.2 Å². The van der Waals surface area contributed by atoms with Crippen molar-refractivity contribution in [3.8, 4) is 28.1 Å². The van der Waals surface area contributed by atoms with Crippen LogP contribution in [-0.4, -0.2) is 16.6 Å². The molecule has 6 heteroatoms. The summed E-state index contributed by atoms with van der Waals surface area (Å²) in [5.41, 5.74) is 4.83.